The topological polar surface area (TPSA) is 85.8 Å². The van der Waals surface area contributed by atoms with Crippen LogP contribution in [0.4, 0.5) is 4.79 Å². The zero-order chi connectivity index (χ0) is 18.7. The number of nitrogens with zero attached hydrogens (tertiary/aromatic N) is 2. The lowest BCUT2D eigenvalue weighted by Crippen LogP contribution is -2.59. The van der Waals surface area contributed by atoms with Gasteiger partial charge in [-0.1, -0.05) is 6.07 Å². The Morgan fingerprint density at radius 3 is 2.60 bits per heavy atom. The molecule has 1 aliphatic rings. The van der Waals surface area contributed by atoms with Crippen LogP contribution in [-0.4, -0.2) is 53.0 Å². The van der Waals surface area contributed by atoms with E-state index in [-0.39, 0.29) is 37.6 Å². The van der Waals surface area contributed by atoms with Crippen LogP contribution in [0.15, 0.2) is 24.4 Å². The van der Waals surface area contributed by atoms with Gasteiger partial charge in [0.15, 0.2) is 11.2 Å². The van der Waals surface area contributed by atoms with E-state index in [1.54, 1.807) is 45.9 Å². The Labute approximate surface area is 147 Å². The van der Waals surface area contributed by atoms with Crippen LogP contribution in [0.2, 0.25) is 0 Å². The van der Waals surface area contributed by atoms with Crippen molar-refractivity contribution in [1.82, 2.24) is 9.88 Å². The molecule has 0 spiro atoms. The molecule has 7 nitrogen and oxygen atoms in total. The number of amides is 1. The third-order valence-corrected chi connectivity index (χ3v) is 3.89. The summed E-state index contributed by atoms with van der Waals surface area (Å²) in [5.41, 5.74) is -2.01. The number of piperidine rings is 1. The van der Waals surface area contributed by atoms with E-state index >= 15 is 0 Å². The van der Waals surface area contributed by atoms with Gasteiger partial charge in [0.25, 0.3) is 0 Å². The van der Waals surface area contributed by atoms with Gasteiger partial charge >= 0.3 is 12.1 Å². The lowest BCUT2D eigenvalue weighted by molar-refractivity contribution is -0.157. The van der Waals surface area contributed by atoms with Gasteiger partial charge in [-0.05, 0) is 39.8 Å². The van der Waals surface area contributed by atoms with Gasteiger partial charge in [-0.3, -0.25) is 14.6 Å². The van der Waals surface area contributed by atoms with Crippen molar-refractivity contribution in [3.8, 4) is 0 Å². The third kappa shape index (κ3) is 3.97. The number of likely N-dealkylation sites (tertiary alicyclic amines) is 1. The molecule has 1 atom stereocenters. The summed E-state index contributed by atoms with van der Waals surface area (Å²) in [5.74, 6) is -0.989. The third-order valence-electron chi connectivity index (χ3n) is 3.89. The van der Waals surface area contributed by atoms with E-state index in [2.05, 4.69) is 4.98 Å². The van der Waals surface area contributed by atoms with E-state index in [0.29, 0.717) is 0 Å². The molecule has 1 aromatic rings. The number of carbonyl (C=O) groups excluding carboxylic acids is 3. The lowest BCUT2D eigenvalue weighted by atomic mass is 9.75. The molecule has 0 radical (unpaired) electrons. The van der Waals surface area contributed by atoms with Gasteiger partial charge in [0, 0.05) is 19.2 Å². The Morgan fingerprint density at radius 1 is 1.32 bits per heavy atom. The maximum Gasteiger partial charge on any atom is 0.410 e. The molecular formula is C18H24N2O5. The van der Waals surface area contributed by atoms with Gasteiger partial charge in [0.2, 0.25) is 0 Å². The Hall–Kier alpha value is -2.44. The molecule has 1 saturated heterocycles. The van der Waals surface area contributed by atoms with Crippen LogP contribution < -0.4 is 0 Å². The Balaban J connectivity index is 2.41. The first-order valence-corrected chi connectivity index (χ1v) is 8.30. The summed E-state index contributed by atoms with van der Waals surface area (Å²) < 4.78 is 10.5. The minimum Gasteiger partial charge on any atom is -0.465 e. The first-order chi connectivity index (χ1) is 11.7. The molecule has 1 unspecified atom stereocenters. The van der Waals surface area contributed by atoms with E-state index in [0.717, 1.165) is 0 Å². The number of ether oxygens (including phenoxy) is 2. The number of rotatable bonds is 3. The molecule has 1 aliphatic heterocycles. The lowest BCUT2D eigenvalue weighted by Gasteiger charge is -2.39. The molecule has 0 aromatic carbocycles. The predicted molar refractivity (Wildman–Crippen MR) is 90.0 cm³/mol. The molecule has 25 heavy (non-hydrogen) atoms. The van der Waals surface area contributed by atoms with Gasteiger partial charge < -0.3 is 14.4 Å². The molecular weight excluding hydrogens is 324 g/mol. The fourth-order valence-corrected chi connectivity index (χ4v) is 2.76. The van der Waals surface area contributed by atoms with Crippen molar-refractivity contribution >= 4 is 17.8 Å². The monoisotopic (exact) mass is 348 g/mol. The highest BCUT2D eigenvalue weighted by Gasteiger charge is 2.54. The quantitative estimate of drug-likeness (QED) is 0.614. The second kappa shape index (κ2) is 7.21. The number of Topliss-reactive ketones (excluding diaryl/α,β-unsaturated/α-hetero) is 1. The molecule has 1 fully saturated rings. The highest BCUT2D eigenvalue weighted by atomic mass is 16.6. The number of carbonyl (C=O) groups is 3. The number of aromatic nitrogens is 1. The van der Waals surface area contributed by atoms with Crippen LogP contribution in [0.1, 0.15) is 39.8 Å². The largest absolute Gasteiger partial charge is 0.465 e. The van der Waals surface area contributed by atoms with E-state index in [4.69, 9.17) is 9.47 Å². The average Bonchev–Trinajstić information content (AvgIpc) is 2.54. The number of esters is 1. The van der Waals surface area contributed by atoms with Crippen LogP contribution in [0.3, 0.4) is 0 Å². The van der Waals surface area contributed by atoms with E-state index in [1.165, 1.54) is 11.1 Å². The minimum absolute atomic E-state index is 0.0363. The van der Waals surface area contributed by atoms with E-state index in [1.807, 2.05) is 0 Å². The zero-order valence-corrected chi connectivity index (χ0v) is 15.1. The average molecular weight is 348 g/mol. The van der Waals surface area contributed by atoms with Crippen molar-refractivity contribution in [3.63, 3.8) is 0 Å². The van der Waals surface area contributed by atoms with Gasteiger partial charge in [-0.15, -0.1) is 0 Å². The predicted octanol–water partition coefficient (Wildman–Crippen LogP) is 2.09. The number of ketones is 1. The molecule has 1 amide bonds. The summed E-state index contributed by atoms with van der Waals surface area (Å²) in [6.45, 7) is 7.14. The van der Waals surface area contributed by atoms with Gasteiger partial charge in [-0.25, -0.2) is 4.79 Å². The van der Waals surface area contributed by atoms with Crippen molar-refractivity contribution in [2.24, 2.45) is 0 Å². The molecule has 0 bridgehead atoms. The Bertz CT molecular complexity index is 653. The van der Waals surface area contributed by atoms with E-state index in [9.17, 15) is 14.4 Å². The van der Waals surface area contributed by atoms with Crippen LogP contribution in [0.25, 0.3) is 0 Å². The summed E-state index contributed by atoms with van der Waals surface area (Å²) in [6.07, 6.45) is 0.981. The van der Waals surface area contributed by atoms with E-state index < -0.39 is 23.1 Å². The second-order valence-corrected chi connectivity index (χ2v) is 6.92. The van der Waals surface area contributed by atoms with Crippen molar-refractivity contribution < 1.29 is 23.9 Å². The summed E-state index contributed by atoms with van der Waals surface area (Å²) in [4.78, 5) is 43.5. The fraction of sp³-hybridized carbons (Fsp3) is 0.556. The summed E-state index contributed by atoms with van der Waals surface area (Å²) in [7, 11) is 0. The minimum atomic E-state index is -1.62. The maximum atomic E-state index is 12.8. The van der Waals surface area contributed by atoms with Gasteiger partial charge in [0.1, 0.15) is 5.60 Å². The van der Waals surface area contributed by atoms with Crippen molar-refractivity contribution in [2.45, 2.75) is 45.1 Å². The van der Waals surface area contributed by atoms with Crippen molar-refractivity contribution in [3.05, 3.63) is 30.1 Å². The van der Waals surface area contributed by atoms with Crippen LogP contribution in [0, 0.1) is 0 Å². The Morgan fingerprint density at radius 2 is 2.04 bits per heavy atom. The highest BCUT2D eigenvalue weighted by Crippen LogP contribution is 2.32. The van der Waals surface area contributed by atoms with Crippen molar-refractivity contribution in [1.29, 1.82) is 0 Å². The standard InChI is InChI=1S/C18H24N2O5/c1-5-24-15(22)18(13-8-6-7-10-19-13)12-20(11-9-14(18)21)16(23)25-17(2,3)4/h6-8,10H,5,9,11-12H2,1-4H3. The number of pyridine rings is 1. The number of hydrogen-bond acceptors (Lipinski definition) is 6. The summed E-state index contributed by atoms with van der Waals surface area (Å²) in [5, 5.41) is 0. The van der Waals surface area contributed by atoms with Gasteiger partial charge in [-0.2, -0.15) is 0 Å². The normalized spacial score (nSPS) is 21.0. The Kier molecular flexibility index (Phi) is 5.45. The van der Waals surface area contributed by atoms with Crippen molar-refractivity contribution in [2.75, 3.05) is 19.7 Å². The zero-order valence-electron chi connectivity index (χ0n) is 15.1. The first kappa shape index (κ1) is 18.9. The maximum absolute atomic E-state index is 12.8. The molecule has 2 heterocycles. The van der Waals surface area contributed by atoms with Crippen LogP contribution in [0.5, 0.6) is 0 Å². The molecule has 0 aliphatic carbocycles. The SMILES string of the molecule is CCOC(=O)C1(c2ccccn2)CN(C(=O)OC(C)(C)C)CCC1=O. The van der Waals surface area contributed by atoms with Gasteiger partial charge in [0.05, 0.1) is 18.8 Å². The molecule has 1 aromatic heterocycles. The molecule has 7 heteroatoms. The summed E-state index contributed by atoms with van der Waals surface area (Å²) in [6, 6.07) is 5.00. The molecule has 136 valence electrons. The molecule has 2 rings (SSSR count). The fourth-order valence-electron chi connectivity index (χ4n) is 2.76. The smallest absolute Gasteiger partial charge is 0.410 e. The first-order valence-electron chi connectivity index (χ1n) is 8.30. The molecule has 0 saturated carbocycles. The second-order valence-electron chi connectivity index (χ2n) is 6.92. The van der Waals surface area contributed by atoms with Crippen LogP contribution in [-0.2, 0) is 24.5 Å². The summed E-state index contributed by atoms with van der Waals surface area (Å²) >= 11 is 0. The highest BCUT2D eigenvalue weighted by molar-refractivity contribution is 6.10. The molecule has 0 N–H and O–H groups in total. The number of hydrogen-bond donors (Lipinski definition) is 0. The van der Waals surface area contributed by atoms with Crippen LogP contribution >= 0.6 is 0 Å².